The second-order valence-corrected chi connectivity index (χ2v) is 6.18. The van der Waals surface area contributed by atoms with E-state index in [1.165, 1.54) is 4.90 Å². The minimum Gasteiger partial charge on any atom is -0.423 e. The Bertz CT molecular complexity index is 697. The topological polar surface area (TPSA) is 43.9 Å². The maximum atomic E-state index is 11.8. The zero-order valence-electron chi connectivity index (χ0n) is 12.8. The molecule has 1 unspecified atom stereocenters. The molecule has 2 aromatic rings. The Morgan fingerprint density at radius 1 is 1.19 bits per heavy atom. The molecule has 0 amide bonds. The molecule has 21 heavy (non-hydrogen) atoms. The summed E-state index contributed by atoms with van der Waals surface area (Å²) in [4.78, 5) is 13.2. The van der Waals surface area contributed by atoms with E-state index in [2.05, 4.69) is 26.0 Å². The molecule has 1 aliphatic rings. The molecule has 0 spiro atoms. The average molecular weight is 288 g/mol. The minimum atomic E-state index is -0.267. The van der Waals surface area contributed by atoms with Gasteiger partial charge in [0, 0.05) is 17.0 Å². The summed E-state index contributed by atoms with van der Waals surface area (Å²) in [5.74, 6) is 0. The molecule has 1 fully saturated rings. The van der Waals surface area contributed by atoms with Gasteiger partial charge in [-0.25, -0.2) is 4.79 Å². The van der Waals surface area contributed by atoms with E-state index in [-0.39, 0.29) is 17.8 Å². The Balaban J connectivity index is 1.95. The van der Waals surface area contributed by atoms with Gasteiger partial charge in [0.1, 0.15) is 37.4 Å². The van der Waals surface area contributed by atoms with Gasteiger partial charge >= 0.3 is 5.63 Å². The first-order chi connectivity index (χ1) is 10.0. The highest BCUT2D eigenvalue weighted by molar-refractivity contribution is 5.80. The lowest BCUT2D eigenvalue weighted by Crippen LogP contribution is -3.14. The van der Waals surface area contributed by atoms with Crippen molar-refractivity contribution < 1.29 is 14.1 Å². The number of nitrogens with one attached hydrogen (secondary N) is 1. The monoisotopic (exact) mass is 288 g/mol. The van der Waals surface area contributed by atoms with Crippen molar-refractivity contribution >= 4 is 11.0 Å². The van der Waals surface area contributed by atoms with E-state index < -0.39 is 0 Å². The summed E-state index contributed by atoms with van der Waals surface area (Å²) in [6.07, 6.45) is 0.523. The van der Waals surface area contributed by atoms with E-state index in [0.717, 1.165) is 36.1 Å². The lowest BCUT2D eigenvalue weighted by molar-refractivity contribution is -0.928. The van der Waals surface area contributed by atoms with Gasteiger partial charge in [-0.2, -0.15) is 0 Å². The summed E-state index contributed by atoms with van der Waals surface area (Å²) in [5, 5.41) is 1.04. The highest BCUT2D eigenvalue weighted by Crippen LogP contribution is 2.18. The van der Waals surface area contributed by atoms with E-state index in [4.69, 9.17) is 9.15 Å². The maximum absolute atomic E-state index is 11.8. The number of hydrogen-bond acceptors (Lipinski definition) is 3. The molecule has 0 saturated carbocycles. The number of quaternary nitrogens is 1. The predicted octanol–water partition coefficient (Wildman–Crippen LogP) is 1.29. The van der Waals surface area contributed by atoms with Crippen molar-refractivity contribution in [2.24, 2.45) is 0 Å². The lowest BCUT2D eigenvalue weighted by Gasteiger charge is -2.32. The molecule has 1 saturated heterocycles. The number of hydrogen-bond donors (Lipinski definition) is 1. The second-order valence-electron chi connectivity index (χ2n) is 6.18. The normalized spacial score (nSPS) is 26.1. The number of rotatable bonds is 2. The van der Waals surface area contributed by atoms with Crippen LogP contribution in [0.15, 0.2) is 33.5 Å². The van der Waals surface area contributed by atoms with Crippen LogP contribution in [-0.2, 0) is 11.3 Å². The van der Waals surface area contributed by atoms with Crippen molar-refractivity contribution in [3.8, 4) is 0 Å². The van der Waals surface area contributed by atoms with Gasteiger partial charge in [-0.05, 0) is 32.4 Å². The number of morpholine rings is 1. The fourth-order valence-electron chi connectivity index (χ4n) is 3.29. The van der Waals surface area contributed by atoms with Crippen molar-refractivity contribution in [1.29, 1.82) is 0 Å². The second kappa shape index (κ2) is 5.62. The SMILES string of the molecule is Cc1ccc2c(C[NH+]3C[C@@H](C)O[C@@H](C)C3)cc(=O)oc2c1. The third-order valence-corrected chi connectivity index (χ3v) is 4.04. The molecule has 4 heteroatoms. The Labute approximate surface area is 124 Å². The van der Waals surface area contributed by atoms with Crippen LogP contribution < -0.4 is 10.5 Å². The summed E-state index contributed by atoms with van der Waals surface area (Å²) in [6, 6.07) is 7.68. The van der Waals surface area contributed by atoms with Gasteiger partial charge in [0.25, 0.3) is 0 Å². The summed E-state index contributed by atoms with van der Waals surface area (Å²) >= 11 is 0. The molecule has 4 nitrogen and oxygen atoms in total. The van der Waals surface area contributed by atoms with Crippen LogP contribution in [-0.4, -0.2) is 25.3 Å². The van der Waals surface area contributed by atoms with Gasteiger partial charge in [-0.15, -0.1) is 0 Å². The Morgan fingerprint density at radius 3 is 2.62 bits per heavy atom. The first-order valence-electron chi connectivity index (χ1n) is 7.53. The number of aryl methyl sites for hydroxylation is 1. The molecular formula is C17H22NO3+. The molecule has 112 valence electrons. The molecule has 1 aromatic heterocycles. The molecule has 3 rings (SSSR count). The van der Waals surface area contributed by atoms with E-state index in [0.29, 0.717) is 5.58 Å². The van der Waals surface area contributed by atoms with Gasteiger partial charge in [0.05, 0.1) is 0 Å². The predicted molar refractivity (Wildman–Crippen MR) is 81.6 cm³/mol. The molecule has 0 bridgehead atoms. The summed E-state index contributed by atoms with van der Waals surface area (Å²) in [5.41, 5.74) is 2.59. The van der Waals surface area contributed by atoms with Crippen LogP contribution in [0.4, 0.5) is 0 Å². The maximum Gasteiger partial charge on any atom is 0.336 e. The standard InChI is InChI=1S/C17H21NO3/c1-11-4-5-15-14(7-17(19)21-16(15)6-11)10-18-8-12(2)20-13(3)9-18/h4-7,12-13H,8-10H2,1-3H3/p+1/t12-,13+. The van der Waals surface area contributed by atoms with Crippen LogP contribution in [0, 0.1) is 6.92 Å². The number of benzene rings is 1. The Morgan fingerprint density at radius 2 is 1.90 bits per heavy atom. The van der Waals surface area contributed by atoms with Crippen LogP contribution in [0.5, 0.6) is 0 Å². The van der Waals surface area contributed by atoms with Crippen molar-refractivity contribution in [3.63, 3.8) is 0 Å². The summed E-state index contributed by atoms with van der Waals surface area (Å²) < 4.78 is 11.1. The van der Waals surface area contributed by atoms with Gasteiger partial charge in [0.2, 0.25) is 0 Å². The molecule has 1 aliphatic heterocycles. The molecule has 3 atom stereocenters. The zero-order chi connectivity index (χ0) is 15.0. The smallest absolute Gasteiger partial charge is 0.336 e. The van der Waals surface area contributed by atoms with Crippen LogP contribution in [0.2, 0.25) is 0 Å². The van der Waals surface area contributed by atoms with Crippen LogP contribution in [0.3, 0.4) is 0 Å². The summed E-state index contributed by atoms with van der Waals surface area (Å²) in [7, 11) is 0. The lowest BCUT2D eigenvalue weighted by atomic mass is 10.1. The van der Waals surface area contributed by atoms with Gasteiger partial charge in [-0.1, -0.05) is 12.1 Å². The molecule has 1 N–H and O–H groups in total. The van der Waals surface area contributed by atoms with E-state index in [1.807, 2.05) is 13.0 Å². The first kappa shape index (κ1) is 14.3. The third-order valence-electron chi connectivity index (χ3n) is 4.04. The quantitative estimate of drug-likeness (QED) is 0.847. The first-order valence-corrected chi connectivity index (χ1v) is 7.53. The molecule has 1 aromatic carbocycles. The fraction of sp³-hybridized carbons (Fsp3) is 0.471. The number of ether oxygens (including phenoxy) is 1. The van der Waals surface area contributed by atoms with Crippen LogP contribution in [0.1, 0.15) is 25.0 Å². The molecule has 2 heterocycles. The van der Waals surface area contributed by atoms with E-state index in [1.54, 1.807) is 6.07 Å². The van der Waals surface area contributed by atoms with Crippen LogP contribution >= 0.6 is 0 Å². The molecule has 0 aliphatic carbocycles. The van der Waals surface area contributed by atoms with Crippen molar-refractivity contribution in [1.82, 2.24) is 0 Å². The largest absolute Gasteiger partial charge is 0.423 e. The highest BCUT2D eigenvalue weighted by Gasteiger charge is 2.26. The summed E-state index contributed by atoms with van der Waals surface area (Å²) in [6.45, 7) is 8.99. The number of fused-ring (bicyclic) bond motifs is 1. The molecule has 0 radical (unpaired) electrons. The average Bonchev–Trinajstić information content (AvgIpc) is 2.36. The van der Waals surface area contributed by atoms with E-state index >= 15 is 0 Å². The molecular weight excluding hydrogens is 266 g/mol. The van der Waals surface area contributed by atoms with Gasteiger partial charge in [0.15, 0.2) is 0 Å². The fourth-order valence-corrected chi connectivity index (χ4v) is 3.29. The zero-order valence-corrected chi connectivity index (χ0v) is 12.8. The van der Waals surface area contributed by atoms with Crippen molar-refractivity contribution in [3.05, 3.63) is 45.8 Å². The minimum absolute atomic E-state index is 0.261. The van der Waals surface area contributed by atoms with Crippen LogP contribution in [0.25, 0.3) is 11.0 Å². The Hall–Kier alpha value is -1.65. The highest BCUT2D eigenvalue weighted by atomic mass is 16.5. The third kappa shape index (κ3) is 3.17. The Kier molecular flexibility index (Phi) is 3.83. The van der Waals surface area contributed by atoms with Gasteiger partial charge < -0.3 is 14.1 Å². The van der Waals surface area contributed by atoms with Gasteiger partial charge in [-0.3, -0.25) is 0 Å². The van der Waals surface area contributed by atoms with Crippen molar-refractivity contribution in [2.45, 2.75) is 39.5 Å². The van der Waals surface area contributed by atoms with Crippen molar-refractivity contribution in [2.75, 3.05) is 13.1 Å². The van der Waals surface area contributed by atoms with E-state index in [9.17, 15) is 4.79 Å².